The van der Waals surface area contributed by atoms with Gasteiger partial charge in [0.05, 0.1) is 11.8 Å². The van der Waals surface area contributed by atoms with E-state index in [1.54, 1.807) is 6.07 Å². The zero-order valence-corrected chi connectivity index (χ0v) is 13.2. The average molecular weight is 312 g/mol. The van der Waals surface area contributed by atoms with Crippen LogP contribution in [0.2, 0.25) is 0 Å². The largest absolute Gasteiger partial charge is 0.464 e. The lowest BCUT2D eigenvalue weighted by molar-refractivity contribution is 0.102. The molecule has 0 aliphatic heterocycles. The molecule has 1 aromatic heterocycles. The fraction of sp³-hybridized carbons (Fsp3) is 0.167. The van der Waals surface area contributed by atoms with E-state index in [1.165, 1.54) is 18.4 Å². The van der Waals surface area contributed by atoms with Gasteiger partial charge >= 0.3 is 0 Å². The average Bonchev–Trinajstić information content (AvgIpc) is 2.96. The Labute approximate surface area is 133 Å². The van der Waals surface area contributed by atoms with Gasteiger partial charge in [-0.15, -0.1) is 0 Å². The number of anilines is 2. The van der Waals surface area contributed by atoms with Gasteiger partial charge in [-0.25, -0.2) is 4.39 Å². The molecule has 0 bridgehead atoms. The van der Waals surface area contributed by atoms with Crippen LogP contribution in [-0.4, -0.2) is 20.0 Å². The molecule has 1 amide bonds. The minimum atomic E-state index is -0.470. The topological polar surface area (TPSA) is 45.5 Å². The van der Waals surface area contributed by atoms with Crippen LogP contribution >= 0.6 is 0 Å². The molecule has 0 fully saturated rings. The Balaban J connectivity index is 1.99. The third-order valence-corrected chi connectivity index (χ3v) is 3.80. The Morgan fingerprint density at radius 1 is 1.22 bits per heavy atom. The summed E-state index contributed by atoms with van der Waals surface area (Å²) in [4.78, 5) is 14.5. The molecule has 1 N–H and O–H groups in total. The van der Waals surface area contributed by atoms with Crippen molar-refractivity contribution in [3.63, 3.8) is 0 Å². The molecule has 0 radical (unpaired) electrons. The first-order valence-corrected chi connectivity index (χ1v) is 7.22. The molecule has 23 heavy (non-hydrogen) atoms. The SMILES string of the molecule is Cc1c(NC(=O)c2cc(F)cc3ccoc23)cccc1N(C)C. The van der Waals surface area contributed by atoms with Crippen LogP contribution in [0.15, 0.2) is 47.1 Å². The van der Waals surface area contributed by atoms with E-state index in [1.807, 2.05) is 44.1 Å². The van der Waals surface area contributed by atoms with Crippen LogP contribution in [-0.2, 0) is 0 Å². The summed E-state index contributed by atoms with van der Waals surface area (Å²) in [6.45, 7) is 1.93. The first-order valence-electron chi connectivity index (χ1n) is 7.22. The fourth-order valence-electron chi connectivity index (χ4n) is 2.65. The van der Waals surface area contributed by atoms with Crippen LogP contribution in [0.1, 0.15) is 15.9 Å². The van der Waals surface area contributed by atoms with Gasteiger partial charge in [-0.2, -0.15) is 0 Å². The second kappa shape index (κ2) is 5.76. The van der Waals surface area contributed by atoms with E-state index in [9.17, 15) is 9.18 Å². The predicted molar refractivity (Wildman–Crippen MR) is 89.6 cm³/mol. The minimum absolute atomic E-state index is 0.180. The molecule has 118 valence electrons. The molecular formula is C18H17FN2O2. The number of rotatable bonds is 3. The number of nitrogens with one attached hydrogen (secondary N) is 1. The summed E-state index contributed by atoms with van der Waals surface area (Å²) in [7, 11) is 3.87. The van der Waals surface area contributed by atoms with Gasteiger partial charge in [0.15, 0.2) is 0 Å². The molecule has 0 unspecified atom stereocenters. The van der Waals surface area contributed by atoms with E-state index in [-0.39, 0.29) is 5.56 Å². The highest BCUT2D eigenvalue weighted by Crippen LogP contribution is 2.27. The molecule has 0 atom stereocenters. The normalized spacial score (nSPS) is 10.8. The third-order valence-electron chi connectivity index (χ3n) is 3.80. The van der Waals surface area contributed by atoms with Crippen molar-refractivity contribution in [2.75, 3.05) is 24.3 Å². The molecule has 2 aromatic carbocycles. The van der Waals surface area contributed by atoms with Crippen LogP contribution in [0.5, 0.6) is 0 Å². The standard InChI is InChI=1S/C18H17FN2O2/c1-11-15(5-4-6-16(11)21(2)3)20-18(22)14-10-13(19)9-12-7-8-23-17(12)14/h4-10H,1-3H3,(H,20,22). The Morgan fingerprint density at radius 2 is 2.00 bits per heavy atom. The maximum Gasteiger partial charge on any atom is 0.259 e. The number of hydrogen-bond donors (Lipinski definition) is 1. The fourth-order valence-corrected chi connectivity index (χ4v) is 2.65. The molecule has 1 heterocycles. The van der Waals surface area contributed by atoms with Gasteiger partial charge in [0.1, 0.15) is 11.4 Å². The third kappa shape index (κ3) is 2.77. The Morgan fingerprint density at radius 3 is 2.74 bits per heavy atom. The molecule has 0 saturated heterocycles. The number of amides is 1. The Bertz CT molecular complexity index is 884. The van der Waals surface area contributed by atoms with E-state index in [4.69, 9.17) is 4.42 Å². The van der Waals surface area contributed by atoms with Gasteiger partial charge in [0, 0.05) is 30.9 Å². The molecule has 5 heteroatoms. The van der Waals surface area contributed by atoms with Gasteiger partial charge in [-0.1, -0.05) is 6.07 Å². The van der Waals surface area contributed by atoms with Crippen LogP contribution in [0.25, 0.3) is 11.0 Å². The molecule has 3 rings (SSSR count). The van der Waals surface area contributed by atoms with Gasteiger partial charge in [-0.05, 0) is 42.8 Å². The molecule has 4 nitrogen and oxygen atoms in total. The smallest absolute Gasteiger partial charge is 0.259 e. The lowest BCUT2D eigenvalue weighted by Crippen LogP contribution is -2.16. The number of halogens is 1. The first kappa shape index (κ1) is 15.1. The highest BCUT2D eigenvalue weighted by atomic mass is 19.1. The maximum atomic E-state index is 13.7. The molecule has 3 aromatic rings. The lowest BCUT2D eigenvalue weighted by Gasteiger charge is -2.18. The van der Waals surface area contributed by atoms with E-state index >= 15 is 0 Å². The predicted octanol–water partition coefficient (Wildman–Crippen LogP) is 4.20. The number of carbonyl (C=O) groups is 1. The van der Waals surface area contributed by atoms with Crippen LogP contribution in [0.3, 0.4) is 0 Å². The zero-order valence-electron chi connectivity index (χ0n) is 13.2. The van der Waals surface area contributed by atoms with Crippen molar-refractivity contribution in [3.05, 3.63) is 59.6 Å². The molecule has 0 spiro atoms. The maximum absolute atomic E-state index is 13.7. The van der Waals surface area contributed by atoms with Gasteiger partial charge in [-0.3, -0.25) is 4.79 Å². The van der Waals surface area contributed by atoms with E-state index in [2.05, 4.69) is 5.32 Å². The Hall–Kier alpha value is -2.82. The van der Waals surface area contributed by atoms with Crippen LogP contribution < -0.4 is 10.2 Å². The second-order valence-electron chi connectivity index (χ2n) is 5.59. The lowest BCUT2D eigenvalue weighted by atomic mass is 10.1. The van der Waals surface area contributed by atoms with Crippen molar-refractivity contribution in [2.24, 2.45) is 0 Å². The summed E-state index contributed by atoms with van der Waals surface area (Å²) in [6.07, 6.45) is 1.44. The highest BCUT2D eigenvalue weighted by molar-refractivity contribution is 6.11. The monoisotopic (exact) mass is 312 g/mol. The van der Waals surface area contributed by atoms with Gasteiger partial charge < -0.3 is 14.6 Å². The van der Waals surface area contributed by atoms with Crippen molar-refractivity contribution in [1.29, 1.82) is 0 Å². The quantitative estimate of drug-likeness (QED) is 0.788. The van der Waals surface area contributed by atoms with Crippen LogP contribution in [0.4, 0.5) is 15.8 Å². The first-order chi connectivity index (χ1) is 11.0. The van der Waals surface area contributed by atoms with E-state index in [0.717, 1.165) is 11.3 Å². The molecule has 0 aliphatic carbocycles. The Kier molecular flexibility index (Phi) is 3.78. The van der Waals surface area contributed by atoms with Gasteiger partial charge in [0.2, 0.25) is 0 Å². The molecule has 0 aliphatic rings. The molecule has 0 saturated carbocycles. The highest BCUT2D eigenvalue weighted by Gasteiger charge is 2.16. The summed E-state index contributed by atoms with van der Waals surface area (Å²) in [5.41, 5.74) is 3.19. The number of fused-ring (bicyclic) bond motifs is 1. The summed E-state index contributed by atoms with van der Waals surface area (Å²) in [6, 6.07) is 9.82. The van der Waals surface area contributed by atoms with Crippen molar-refractivity contribution in [3.8, 4) is 0 Å². The van der Waals surface area contributed by atoms with E-state index < -0.39 is 11.7 Å². The number of furan rings is 1. The number of hydrogen-bond acceptors (Lipinski definition) is 3. The van der Waals surface area contributed by atoms with Crippen molar-refractivity contribution in [2.45, 2.75) is 6.92 Å². The van der Waals surface area contributed by atoms with Crippen molar-refractivity contribution < 1.29 is 13.6 Å². The summed E-state index contributed by atoms with van der Waals surface area (Å²) >= 11 is 0. The summed E-state index contributed by atoms with van der Waals surface area (Å²) < 4.78 is 19.0. The number of nitrogens with zero attached hydrogens (tertiary/aromatic N) is 1. The van der Waals surface area contributed by atoms with E-state index in [0.29, 0.717) is 16.7 Å². The number of benzene rings is 2. The number of carbonyl (C=O) groups excluding carboxylic acids is 1. The second-order valence-corrected chi connectivity index (χ2v) is 5.59. The molecular weight excluding hydrogens is 295 g/mol. The van der Waals surface area contributed by atoms with Crippen molar-refractivity contribution in [1.82, 2.24) is 0 Å². The zero-order chi connectivity index (χ0) is 16.6. The van der Waals surface area contributed by atoms with Crippen molar-refractivity contribution >= 4 is 28.3 Å². The summed E-state index contributed by atoms with van der Waals surface area (Å²) in [5, 5.41) is 3.40. The summed E-state index contributed by atoms with van der Waals surface area (Å²) in [5.74, 6) is -0.869. The van der Waals surface area contributed by atoms with Crippen LogP contribution in [0, 0.1) is 12.7 Å². The minimum Gasteiger partial charge on any atom is -0.464 e. The van der Waals surface area contributed by atoms with Gasteiger partial charge in [0.25, 0.3) is 5.91 Å².